The van der Waals surface area contributed by atoms with Gasteiger partial charge in [0, 0.05) is 25.5 Å². The van der Waals surface area contributed by atoms with Crippen LogP contribution in [0.2, 0.25) is 0 Å². The molecule has 1 unspecified atom stereocenters. The molecule has 0 fully saturated rings. The van der Waals surface area contributed by atoms with E-state index in [0.29, 0.717) is 19.4 Å². The second-order valence-corrected chi connectivity index (χ2v) is 4.61. The maximum absolute atomic E-state index is 13.1. The van der Waals surface area contributed by atoms with E-state index < -0.39 is 0 Å². The predicted molar refractivity (Wildman–Crippen MR) is 70.4 cm³/mol. The maximum atomic E-state index is 13.1. The number of carbonyl (C=O) groups is 1. The average molecular weight is 264 g/mol. The predicted octanol–water partition coefficient (Wildman–Crippen LogP) is 2.19. The van der Waals surface area contributed by atoms with E-state index in [2.05, 4.69) is 5.16 Å². The smallest absolute Gasteiger partial charge is 0.222 e. The van der Waals surface area contributed by atoms with Gasteiger partial charge in [0.1, 0.15) is 5.82 Å². The first-order chi connectivity index (χ1) is 9.10. The van der Waals surface area contributed by atoms with E-state index in [-0.39, 0.29) is 17.8 Å². The van der Waals surface area contributed by atoms with Gasteiger partial charge in [0.05, 0.1) is 12.3 Å². The van der Waals surface area contributed by atoms with Crippen LogP contribution in [-0.2, 0) is 9.63 Å². The molecule has 1 heterocycles. The van der Waals surface area contributed by atoms with Crippen molar-refractivity contribution in [3.05, 3.63) is 35.6 Å². The van der Waals surface area contributed by atoms with E-state index >= 15 is 0 Å². The summed E-state index contributed by atoms with van der Waals surface area (Å²) in [6.07, 6.45) is 0.907. The molecule has 1 aliphatic rings. The molecule has 0 saturated carbocycles. The second-order valence-electron chi connectivity index (χ2n) is 4.61. The van der Waals surface area contributed by atoms with Crippen LogP contribution >= 0.6 is 0 Å². The second kappa shape index (κ2) is 5.82. The molecule has 5 heteroatoms. The van der Waals surface area contributed by atoms with Crippen LogP contribution in [0.15, 0.2) is 29.4 Å². The summed E-state index contributed by atoms with van der Waals surface area (Å²) in [4.78, 5) is 18.4. The third-order valence-corrected chi connectivity index (χ3v) is 3.10. The third-order valence-electron chi connectivity index (χ3n) is 3.10. The number of benzene rings is 1. The van der Waals surface area contributed by atoms with Gasteiger partial charge < -0.3 is 9.74 Å². The number of hydrogen-bond donors (Lipinski definition) is 0. The summed E-state index contributed by atoms with van der Waals surface area (Å²) in [5.74, 6) is -0.218. The standard InChI is InChI=1S/C14H17FN2O2/c1-3-14(18)17(2)9-12-8-13(16-19-12)10-5-4-6-11(15)7-10/h4-7,12H,3,8-9H2,1-2H3. The Bertz CT molecular complexity index is 502. The van der Waals surface area contributed by atoms with Crippen molar-refractivity contribution >= 4 is 11.6 Å². The molecule has 0 spiro atoms. The van der Waals surface area contributed by atoms with Gasteiger partial charge in [0.15, 0.2) is 6.10 Å². The normalized spacial score (nSPS) is 17.8. The van der Waals surface area contributed by atoms with Gasteiger partial charge in [-0.25, -0.2) is 4.39 Å². The first-order valence-corrected chi connectivity index (χ1v) is 6.32. The van der Waals surface area contributed by atoms with E-state index in [1.54, 1.807) is 24.1 Å². The molecular weight excluding hydrogens is 247 g/mol. The SMILES string of the molecule is CCC(=O)N(C)CC1CC(c2cccc(F)c2)=NO1. The van der Waals surface area contributed by atoms with Crippen molar-refractivity contribution in [3.8, 4) is 0 Å². The van der Waals surface area contributed by atoms with Gasteiger partial charge in [-0.1, -0.05) is 24.2 Å². The number of carbonyl (C=O) groups excluding carboxylic acids is 1. The highest BCUT2D eigenvalue weighted by atomic mass is 19.1. The van der Waals surface area contributed by atoms with Gasteiger partial charge in [-0.3, -0.25) is 4.79 Å². The van der Waals surface area contributed by atoms with Crippen LogP contribution in [0, 0.1) is 5.82 Å². The zero-order valence-corrected chi connectivity index (χ0v) is 11.1. The fraction of sp³-hybridized carbons (Fsp3) is 0.429. The van der Waals surface area contributed by atoms with Gasteiger partial charge in [-0.2, -0.15) is 0 Å². The summed E-state index contributed by atoms with van der Waals surface area (Å²) < 4.78 is 13.1. The Kier molecular flexibility index (Phi) is 4.14. The number of rotatable bonds is 4. The monoisotopic (exact) mass is 264 g/mol. The number of amides is 1. The number of hydrogen-bond acceptors (Lipinski definition) is 3. The molecule has 2 rings (SSSR count). The van der Waals surface area contributed by atoms with E-state index in [1.165, 1.54) is 12.1 Å². The Hall–Kier alpha value is -1.91. The van der Waals surface area contributed by atoms with Gasteiger partial charge in [0.25, 0.3) is 0 Å². The number of likely N-dealkylation sites (N-methyl/N-ethyl adjacent to an activating group) is 1. The molecule has 4 nitrogen and oxygen atoms in total. The van der Waals surface area contributed by atoms with E-state index in [1.807, 2.05) is 6.92 Å². The summed E-state index contributed by atoms with van der Waals surface area (Å²) in [6.45, 7) is 2.32. The molecule has 0 N–H and O–H groups in total. The molecule has 0 saturated heterocycles. The first-order valence-electron chi connectivity index (χ1n) is 6.32. The maximum Gasteiger partial charge on any atom is 0.222 e. The molecule has 1 atom stereocenters. The number of oxime groups is 1. The van der Waals surface area contributed by atoms with Crippen molar-refractivity contribution in [3.63, 3.8) is 0 Å². The third kappa shape index (κ3) is 3.30. The van der Waals surface area contributed by atoms with Crippen LogP contribution in [0.3, 0.4) is 0 Å². The molecule has 0 aromatic heterocycles. The van der Waals surface area contributed by atoms with Crippen molar-refractivity contribution < 1.29 is 14.0 Å². The Morgan fingerprint density at radius 2 is 2.37 bits per heavy atom. The Labute approximate surface area is 111 Å². The van der Waals surface area contributed by atoms with E-state index in [9.17, 15) is 9.18 Å². The molecule has 1 aromatic rings. The zero-order chi connectivity index (χ0) is 13.8. The molecule has 102 valence electrons. The number of halogens is 1. The summed E-state index contributed by atoms with van der Waals surface area (Å²) >= 11 is 0. The minimum Gasteiger partial charge on any atom is -0.390 e. The summed E-state index contributed by atoms with van der Waals surface area (Å²) in [5.41, 5.74) is 1.45. The Morgan fingerprint density at radius 1 is 1.58 bits per heavy atom. The topological polar surface area (TPSA) is 41.9 Å². The van der Waals surface area contributed by atoms with Crippen LogP contribution in [0.4, 0.5) is 4.39 Å². The van der Waals surface area contributed by atoms with Crippen molar-refractivity contribution in [2.45, 2.75) is 25.9 Å². The number of nitrogens with zero attached hydrogens (tertiary/aromatic N) is 2. The lowest BCUT2D eigenvalue weighted by molar-refractivity contribution is -0.131. The highest BCUT2D eigenvalue weighted by Gasteiger charge is 2.24. The minimum atomic E-state index is -0.290. The van der Waals surface area contributed by atoms with Crippen molar-refractivity contribution in [1.82, 2.24) is 4.90 Å². The Morgan fingerprint density at radius 3 is 3.05 bits per heavy atom. The van der Waals surface area contributed by atoms with Crippen LogP contribution < -0.4 is 0 Å². The molecule has 1 amide bonds. The van der Waals surface area contributed by atoms with Crippen LogP contribution in [0.1, 0.15) is 25.3 Å². The van der Waals surface area contributed by atoms with Crippen molar-refractivity contribution in [2.24, 2.45) is 5.16 Å². The molecule has 0 aliphatic carbocycles. The van der Waals surface area contributed by atoms with Gasteiger partial charge in [0.2, 0.25) is 5.91 Å². The summed E-state index contributed by atoms with van der Waals surface area (Å²) in [5, 5.41) is 3.98. The lowest BCUT2D eigenvalue weighted by Crippen LogP contribution is -2.34. The molecule has 1 aromatic carbocycles. The van der Waals surface area contributed by atoms with Gasteiger partial charge in [-0.15, -0.1) is 0 Å². The first kappa shape index (κ1) is 13.5. The van der Waals surface area contributed by atoms with Crippen molar-refractivity contribution in [2.75, 3.05) is 13.6 Å². The molecule has 1 aliphatic heterocycles. The molecule has 19 heavy (non-hydrogen) atoms. The van der Waals surface area contributed by atoms with Crippen LogP contribution in [0.25, 0.3) is 0 Å². The fourth-order valence-corrected chi connectivity index (χ4v) is 2.04. The highest BCUT2D eigenvalue weighted by Crippen LogP contribution is 2.18. The summed E-state index contributed by atoms with van der Waals surface area (Å²) in [6, 6.07) is 6.28. The largest absolute Gasteiger partial charge is 0.390 e. The minimum absolute atomic E-state index is 0.0720. The van der Waals surface area contributed by atoms with E-state index in [0.717, 1.165) is 11.3 Å². The van der Waals surface area contributed by atoms with Crippen molar-refractivity contribution in [1.29, 1.82) is 0 Å². The average Bonchev–Trinajstić information content (AvgIpc) is 2.86. The van der Waals surface area contributed by atoms with Crippen LogP contribution in [0.5, 0.6) is 0 Å². The Balaban J connectivity index is 1.94. The quantitative estimate of drug-likeness (QED) is 0.836. The van der Waals surface area contributed by atoms with Gasteiger partial charge >= 0.3 is 0 Å². The van der Waals surface area contributed by atoms with Crippen LogP contribution in [-0.4, -0.2) is 36.2 Å². The highest BCUT2D eigenvalue weighted by molar-refractivity contribution is 6.01. The molecular formula is C14H17FN2O2. The van der Waals surface area contributed by atoms with E-state index in [4.69, 9.17) is 4.84 Å². The van der Waals surface area contributed by atoms with Gasteiger partial charge in [-0.05, 0) is 12.1 Å². The lowest BCUT2D eigenvalue weighted by atomic mass is 10.0. The molecule has 0 bridgehead atoms. The zero-order valence-electron chi connectivity index (χ0n) is 11.1. The fourth-order valence-electron chi connectivity index (χ4n) is 2.04. The lowest BCUT2D eigenvalue weighted by Gasteiger charge is -2.19. The summed E-state index contributed by atoms with van der Waals surface area (Å²) in [7, 11) is 1.75. The molecule has 0 radical (unpaired) electrons.